The standard InChI is InChI=1S/Al.ClH.HNO2.Na.H2O.4H/c;;2-1-3;;;;;;/h;1H;(H,2,3);;1H2;;;;. The molecule has 7 heteroatoms. The fourth-order valence-electron chi connectivity index (χ4n) is 0. The van der Waals surface area contributed by atoms with Crippen LogP contribution in [0.2, 0.25) is 0 Å². The van der Waals surface area contributed by atoms with Crippen LogP contribution in [-0.2, 0) is 0 Å². The van der Waals surface area contributed by atoms with E-state index in [-0.39, 0.29) is 64.8 Å². The monoisotopic (exact) mass is 155 g/mol. The summed E-state index contributed by atoms with van der Waals surface area (Å²) in [5.74, 6) is 0. The van der Waals surface area contributed by atoms with Gasteiger partial charge in [-0.25, -0.2) is 0 Å². The van der Waals surface area contributed by atoms with Crippen molar-refractivity contribution in [1.29, 1.82) is 0 Å². The Labute approximate surface area is 79.7 Å². The molecule has 0 saturated heterocycles. The van der Waals surface area contributed by atoms with Gasteiger partial charge in [-0.3, -0.25) is 0 Å². The summed E-state index contributed by atoms with van der Waals surface area (Å²) in [5.41, 5.74) is 0. The Bertz CT molecular complexity index is 22.4. The molecule has 0 atom stereocenters. The van der Waals surface area contributed by atoms with Crippen LogP contribution in [0, 0.1) is 4.91 Å². The van der Waals surface area contributed by atoms with E-state index in [1.54, 1.807) is 0 Å². The molecule has 0 fully saturated rings. The molecule has 0 aromatic rings. The first-order valence-corrected chi connectivity index (χ1v) is 0.383. The molecule has 0 aliphatic heterocycles. The van der Waals surface area contributed by atoms with Gasteiger partial charge in [0.2, 0.25) is 0 Å². The van der Waals surface area contributed by atoms with E-state index in [1.165, 1.54) is 5.34 Å². The molecular formula is H8AlClNNaO3. The van der Waals surface area contributed by atoms with Crippen molar-refractivity contribution in [3.05, 3.63) is 4.91 Å². The molecule has 0 spiro atoms. The van der Waals surface area contributed by atoms with Crippen LogP contribution in [0.1, 0.15) is 0 Å². The molecule has 42 valence electrons. The Hall–Kier alpha value is 1.18. The third-order valence-corrected chi connectivity index (χ3v) is 0. The summed E-state index contributed by atoms with van der Waals surface area (Å²) in [6, 6.07) is 0. The maximum atomic E-state index is 8.11. The first-order valence-electron chi connectivity index (χ1n) is 0.383. The molecule has 0 aromatic heterocycles. The third-order valence-electron chi connectivity index (χ3n) is 0. The number of rotatable bonds is 0. The van der Waals surface area contributed by atoms with Crippen LogP contribution in [-0.4, -0.2) is 57.6 Å². The van der Waals surface area contributed by atoms with Crippen LogP contribution >= 0.6 is 12.4 Å². The molecule has 0 radical (unpaired) electrons. The van der Waals surface area contributed by atoms with Gasteiger partial charge in [-0.2, -0.15) is 0 Å². The maximum absolute atomic E-state index is 8.11. The van der Waals surface area contributed by atoms with Crippen LogP contribution in [0.4, 0.5) is 0 Å². The summed E-state index contributed by atoms with van der Waals surface area (Å²) in [7, 11) is 0. The molecule has 0 bridgehead atoms. The van der Waals surface area contributed by atoms with Gasteiger partial charge in [0.1, 0.15) is 0 Å². The number of nitrogens with zero attached hydrogens (tertiary/aromatic N) is 1. The van der Waals surface area contributed by atoms with E-state index in [0.717, 1.165) is 0 Å². The zero-order chi connectivity index (χ0) is 2.71. The van der Waals surface area contributed by atoms with Crippen LogP contribution < -0.4 is 0 Å². The number of hydrogen-bond acceptors (Lipinski definition) is 2. The molecule has 0 aromatic carbocycles. The van der Waals surface area contributed by atoms with Gasteiger partial charge in [-0.15, -0.1) is 17.3 Å². The average Bonchev–Trinajstić information content (AvgIpc) is 0.918. The zero-order valence-electron chi connectivity index (χ0n) is 2.21. The minimum atomic E-state index is 0. The van der Waals surface area contributed by atoms with Gasteiger partial charge in [0.15, 0.2) is 22.7 Å². The van der Waals surface area contributed by atoms with Crippen LogP contribution in [0.15, 0.2) is 5.34 Å². The second kappa shape index (κ2) is 57.6. The van der Waals surface area contributed by atoms with E-state index in [9.17, 15) is 0 Å². The van der Waals surface area contributed by atoms with E-state index in [1.807, 2.05) is 0 Å². The fraction of sp³-hybridized carbons (Fsp3) is 0. The van der Waals surface area contributed by atoms with Gasteiger partial charge < -0.3 is 10.7 Å². The van der Waals surface area contributed by atoms with Crippen molar-refractivity contribution in [2.24, 2.45) is 5.34 Å². The van der Waals surface area contributed by atoms with Crippen molar-refractivity contribution in [3.63, 3.8) is 0 Å². The molecule has 3 N–H and O–H groups in total. The Balaban J connectivity index is -0.00000000333. The van der Waals surface area contributed by atoms with Gasteiger partial charge in [0.25, 0.3) is 0 Å². The van der Waals surface area contributed by atoms with Gasteiger partial charge in [-0.1, -0.05) is 0 Å². The van der Waals surface area contributed by atoms with Crippen LogP contribution in [0.3, 0.4) is 0 Å². The van der Waals surface area contributed by atoms with Crippen LogP contribution in [0.5, 0.6) is 0 Å². The number of hydrogen-bond donors (Lipinski definition) is 1. The topological polar surface area (TPSA) is 81.2 Å². The van der Waals surface area contributed by atoms with E-state index in [4.69, 9.17) is 10.1 Å². The van der Waals surface area contributed by atoms with Gasteiger partial charge in [-0.05, 0) is 0 Å². The Kier molecular flexibility index (Phi) is 343. The van der Waals surface area contributed by atoms with E-state index in [0.29, 0.717) is 0 Å². The predicted octanol–water partition coefficient (Wildman–Crippen LogP) is -2.09. The molecule has 4 nitrogen and oxygen atoms in total. The molecular weight excluding hydrogens is 147 g/mol. The molecule has 0 aliphatic rings. The molecule has 0 amide bonds. The third kappa shape index (κ3) is 138. The second-order valence-electron chi connectivity index (χ2n) is 0.0816. The second-order valence-corrected chi connectivity index (χ2v) is 0.0816. The first kappa shape index (κ1) is 41.7. The van der Waals surface area contributed by atoms with Crippen molar-refractivity contribution < 1.29 is 10.7 Å². The van der Waals surface area contributed by atoms with Crippen molar-refractivity contribution in [3.8, 4) is 0 Å². The summed E-state index contributed by atoms with van der Waals surface area (Å²) < 4.78 is 0. The quantitative estimate of drug-likeness (QED) is 0.247. The van der Waals surface area contributed by atoms with Gasteiger partial charge in [0, 0.05) is 0 Å². The summed E-state index contributed by atoms with van der Waals surface area (Å²) in [5, 5.41) is 7.89. The number of halogens is 1. The molecule has 0 unspecified atom stereocenters. The first-order chi connectivity index (χ1) is 1.41. The minimum absolute atomic E-state index is 0. The molecule has 7 heavy (non-hydrogen) atoms. The van der Waals surface area contributed by atoms with Gasteiger partial charge in [0.05, 0.1) is 0 Å². The predicted molar refractivity (Wildman–Crippen MR) is 35.5 cm³/mol. The summed E-state index contributed by atoms with van der Waals surface area (Å²) in [6.07, 6.45) is 0. The van der Waals surface area contributed by atoms with Gasteiger partial charge >= 0.3 is 29.6 Å². The summed E-state index contributed by atoms with van der Waals surface area (Å²) >= 11 is 0. The average molecular weight is 155 g/mol. The van der Waals surface area contributed by atoms with Crippen molar-refractivity contribution in [1.82, 2.24) is 0 Å². The Morgan fingerprint density at radius 2 is 1.43 bits per heavy atom. The SMILES string of the molecule is Cl.O.O=NO.[AlH3].[NaH]. The van der Waals surface area contributed by atoms with Crippen molar-refractivity contribution in [2.45, 2.75) is 0 Å². The van der Waals surface area contributed by atoms with E-state index in [2.05, 4.69) is 0 Å². The van der Waals surface area contributed by atoms with Crippen molar-refractivity contribution in [2.75, 3.05) is 0 Å². The van der Waals surface area contributed by atoms with Crippen molar-refractivity contribution >= 4 is 59.3 Å². The van der Waals surface area contributed by atoms with E-state index < -0.39 is 0 Å². The Morgan fingerprint density at radius 1 is 1.43 bits per heavy atom. The normalized spacial score (nSPS) is 1.71. The molecule has 0 aliphatic carbocycles. The molecule has 0 rings (SSSR count). The van der Waals surface area contributed by atoms with Crippen LogP contribution in [0.25, 0.3) is 0 Å². The summed E-state index contributed by atoms with van der Waals surface area (Å²) in [4.78, 5) is 8.11. The Morgan fingerprint density at radius 3 is 1.43 bits per heavy atom. The molecule has 0 saturated carbocycles. The zero-order valence-corrected chi connectivity index (χ0v) is 3.03. The molecule has 0 heterocycles. The fourth-order valence-corrected chi connectivity index (χ4v) is 0. The van der Waals surface area contributed by atoms with E-state index >= 15 is 0 Å². The summed E-state index contributed by atoms with van der Waals surface area (Å²) in [6.45, 7) is 0.